The Morgan fingerprint density at radius 1 is 0.318 bits per heavy atom. The fourth-order valence-electron chi connectivity index (χ4n) is 6.55. The Morgan fingerprint density at radius 2 is 0.773 bits per heavy atom. The highest BCUT2D eigenvalue weighted by Crippen LogP contribution is 2.73. The molecule has 8 aromatic rings. The predicted octanol–water partition coefficient (Wildman–Crippen LogP) is 11.8. The molecule has 8 rings (SSSR count). The zero-order valence-corrected chi connectivity index (χ0v) is 25.1. The van der Waals surface area contributed by atoms with Crippen molar-refractivity contribution in [2.45, 2.75) is 19.6 Å². The summed E-state index contributed by atoms with van der Waals surface area (Å²) in [5.74, 6) is 0. The number of hydrogen-bond donors (Lipinski definition) is 0. The Hall–Kier alpha value is -5.31. The summed E-state index contributed by atoms with van der Waals surface area (Å²) in [6, 6.07) is 68.8. The summed E-state index contributed by atoms with van der Waals surface area (Å²) in [6.45, 7) is 0. The first-order valence-corrected chi connectivity index (χ1v) is 16.6. The minimum Gasteiger partial charge on any atom is -0.309 e. The summed E-state index contributed by atoms with van der Waals surface area (Å²) in [7, 11) is -1.83. The summed E-state index contributed by atoms with van der Waals surface area (Å²) in [6.07, 6.45) is 0. The van der Waals surface area contributed by atoms with Gasteiger partial charge < -0.3 is 4.57 Å². The summed E-state index contributed by atoms with van der Waals surface area (Å²) in [4.78, 5) is 5.29. The average Bonchev–Trinajstić information content (AvgIpc) is 3.44. The van der Waals surface area contributed by atoms with E-state index >= 15 is 0 Å². The molecule has 0 saturated carbocycles. The van der Waals surface area contributed by atoms with E-state index in [4.69, 9.17) is 0 Å². The van der Waals surface area contributed by atoms with Crippen LogP contribution in [0.5, 0.6) is 0 Å². The third-order valence-corrected chi connectivity index (χ3v) is 12.4. The van der Waals surface area contributed by atoms with Crippen molar-refractivity contribution >= 4 is 31.8 Å². The van der Waals surface area contributed by atoms with E-state index in [0.717, 1.165) is 0 Å². The maximum atomic E-state index is 2.47. The maximum absolute atomic E-state index is 2.47. The van der Waals surface area contributed by atoms with Gasteiger partial charge in [0.2, 0.25) is 0 Å². The lowest BCUT2D eigenvalue weighted by atomic mass is 10.1. The number of nitrogens with zero attached hydrogens (tertiary/aromatic N) is 1. The molecule has 0 unspecified atom stereocenters. The van der Waals surface area contributed by atoms with Gasteiger partial charge >= 0.3 is 0 Å². The van der Waals surface area contributed by atoms with Crippen LogP contribution in [0.3, 0.4) is 0 Å². The van der Waals surface area contributed by atoms with Crippen LogP contribution in [0.25, 0.3) is 38.6 Å². The number of aromatic nitrogens is 1. The molecule has 0 fully saturated rings. The largest absolute Gasteiger partial charge is 0.309 e. The highest BCUT2D eigenvalue weighted by atomic mass is 32.3. The van der Waals surface area contributed by atoms with E-state index in [1.165, 1.54) is 58.2 Å². The first kappa shape index (κ1) is 26.3. The summed E-state index contributed by atoms with van der Waals surface area (Å²) in [5, 5.41) is 2.54. The lowest BCUT2D eigenvalue weighted by molar-refractivity contribution is 1.18. The van der Waals surface area contributed by atoms with Crippen LogP contribution in [0, 0.1) is 0 Å². The van der Waals surface area contributed by atoms with Crippen LogP contribution < -0.4 is 0 Å². The molecule has 1 nitrogen and oxygen atoms in total. The van der Waals surface area contributed by atoms with Crippen molar-refractivity contribution < 1.29 is 0 Å². The molecule has 0 aliphatic rings. The third-order valence-electron chi connectivity index (χ3n) is 8.52. The molecule has 210 valence electrons. The van der Waals surface area contributed by atoms with Crippen LogP contribution in [-0.4, -0.2) is 4.57 Å². The van der Waals surface area contributed by atoms with E-state index < -0.39 is 10.0 Å². The molecular weight excluding hydrogens is 551 g/mol. The van der Waals surface area contributed by atoms with Crippen LogP contribution >= 0.6 is 10.0 Å². The van der Waals surface area contributed by atoms with E-state index in [2.05, 4.69) is 193 Å². The zero-order chi connectivity index (χ0) is 29.3. The molecule has 0 N–H and O–H groups in total. The average molecular weight is 582 g/mol. The van der Waals surface area contributed by atoms with E-state index in [0.29, 0.717) is 0 Å². The van der Waals surface area contributed by atoms with Crippen molar-refractivity contribution in [3.05, 3.63) is 188 Å². The normalized spacial score (nSPS) is 12.0. The standard InChI is InChI=1S/C42H31NS/c1-5-15-32(16-6-1)33-25-27-37(28-26-33)44(35-19-9-3-10-20-35,36-21-11-4-12-22-36)38-29-30-42-40(31-38)39-23-13-14-24-41(39)43(42)34-17-7-2-8-18-34/h1-31H. The van der Waals surface area contributed by atoms with Gasteiger partial charge in [-0.2, -0.15) is 0 Å². The molecule has 0 spiro atoms. The van der Waals surface area contributed by atoms with Crippen LogP contribution in [0.2, 0.25) is 0 Å². The fraction of sp³-hybridized carbons (Fsp3) is 0. The van der Waals surface area contributed by atoms with Crippen molar-refractivity contribution in [3.8, 4) is 16.8 Å². The molecule has 0 radical (unpaired) electrons. The van der Waals surface area contributed by atoms with Gasteiger partial charge in [0.25, 0.3) is 0 Å². The van der Waals surface area contributed by atoms with Crippen LogP contribution in [-0.2, 0) is 0 Å². The second-order valence-corrected chi connectivity index (χ2v) is 14.1. The van der Waals surface area contributed by atoms with Gasteiger partial charge in [0.15, 0.2) is 0 Å². The number of hydrogen-bond acceptors (Lipinski definition) is 0. The second kappa shape index (κ2) is 11.1. The van der Waals surface area contributed by atoms with Crippen molar-refractivity contribution in [1.29, 1.82) is 0 Å². The maximum Gasteiger partial charge on any atom is 0.0541 e. The molecule has 0 aliphatic heterocycles. The lowest BCUT2D eigenvalue weighted by Gasteiger charge is -2.42. The summed E-state index contributed by atoms with van der Waals surface area (Å²) >= 11 is 0. The van der Waals surface area contributed by atoms with Crippen LogP contribution in [0.4, 0.5) is 0 Å². The molecule has 0 atom stereocenters. The van der Waals surface area contributed by atoms with E-state index in [9.17, 15) is 0 Å². The Morgan fingerprint density at radius 3 is 1.41 bits per heavy atom. The fourth-order valence-corrected chi connectivity index (χ4v) is 10.4. The summed E-state index contributed by atoms with van der Waals surface area (Å²) in [5.41, 5.74) is 6.07. The smallest absolute Gasteiger partial charge is 0.0541 e. The van der Waals surface area contributed by atoms with E-state index in [1.807, 2.05) is 0 Å². The Kier molecular flexibility index (Phi) is 6.63. The Bertz CT molecular complexity index is 2150. The van der Waals surface area contributed by atoms with Crippen molar-refractivity contribution in [2.24, 2.45) is 0 Å². The Labute approximate surface area is 260 Å². The van der Waals surface area contributed by atoms with Gasteiger partial charge in [-0.05, 0) is 83.9 Å². The molecular formula is C42H31NS. The molecule has 0 aliphatic carbocycles. The molecule has 2 heteroatoms. The molecule has 0 amide bonds. The minimum absolute atomic E-state index is 1.17. The zero-order valence-electron chi connectivity index (χ0n) is 24.3. The molecule has 0 saturated heterocycles. The molecule has 0 bridgehead atoms. The highest BCUT2D eigenvalue weighted by Gasteiger charge is 2.34. The van der Waals surface area contributed by atoms with Gasteiger partial charge in [-0.1, -0.05) is 115 Å². The first-order valence-electron chi connectivity index (χ1n) is 15.0. The first-order chi connectivity index (χ1) is 21.8. The molecule has 1 heterocycles. The van der Waals surface area contributed by atoms with Gasteiger partial charge in [-0.25, -0.2) is 0 Å². The van der Waals surface area contributed by atoms with Crippen molar-refractivity contribution in [1.82, 2.24) is 4.57 Å². The minimum atomic E-state index is -1.83. The predicted molar refractivity (Wildman–Crippen MR) is 186 cm³/mol. The monoisotopic (exact) mass is 581 g/mol. The SMILES string of the molecule is c1ccc(-c2ccc(S(c3ccccc3)(c3ccccc3)c3ccc4c(c3)c3ccccc3n4-c3ccccc3)cc2)cc1. The van der Waals surface area contributed by atoms with E-state index in [-0.39, 0.29) is 0 Å². The second-order valence-electron chi connectivity index (χ2n) is 11.0. The van der Waals surface area contributed by atoms with Crippen LogP contribution in [0.1, 0.15) is 0 Å². The molecule has 1 aromatic heterocycles. The van der Waals surface area contributed by atoms with Gasteiger partial charge in [0.05, 0.1) is 11.0 Å². The van der Waals surface area contributed by atoms with E-state index in [1.54, 1.807) is 0 Å². The quantitative estimate of drug-likeness (QED) is 0.184. The number of para-hydroxylation sites is 2. The third kappa shape index (κ3) is 4.26. The topological polar surface area (TPSA) is 4.93 Å². The highest BCUT2D eigenvalue weighted by molar-refractivity contribution is 8.34. The molecule has 44 heavy (non-hydrogen) atoms. The Balaban J connectivity index is 1.44. The molecule has 7 aromatic carbocycles. The van der Waals surface area contributed by atoms with Gasteiger partial charge in [0, 0.05) is 36.0 Å². The number of rotatable bonds is 6. The van der Waals surface area contributed by atoms with Gasteiger partial charge in [-0.15, -0.1) is 10.0 Å². The lowest BCUT2D eigenvalue weighted by Crippen LogP contribution is -2.05. The van der Waals surface area contributed by atoms with Crippen molar-refractivity contribution in [2.75, 3.05) is 0 Å². The van der Waals surface area contributed by atoms with Crippen molar-refractivity contribution in [3.63, 3.8) is 0 Å². The van der Waals surface area contributed by atoms with Gasteiger partial charge in [0.1, 0.15) is 0 Å². The number of fused-ring (bicyclic) bond motifs is 3. The van der Waals surface area contributed by atoms with Crippen LogP contribution in [0.15, 0.2) is 208 Å². The van der Waals surface area contributed by atoms with Gasteiger partial charge in [-0.3, -0.25) is 0 Å². The summed E-state index contributed by atoms with van der Waals surface area (Å²) < 4.78 is 2.39. The number of benzene rings is 7.